The van der Waals surface area contributed by atoms with Gasteiger partial charge >= 0.3 is 5.97 Å². The highest BCUT2D eigenvalue weighted by atomic mass is 16.4. The Morgan fingerprint density at radius 3 is 2.63 bits per heavy atom. The molecule has 0 radical (unpaired) electrons. The summed E-state index contributed by atoms with van der Waals surface area (Å²) in [7, 11) is 0. The van der Waals surface area contributed by atoms with Crippen molar-refractivity contribution in [2.75, 3.05) is 5.32 Å². The monoisotopic (exact) mass is 259 g/mol. The molecule has 0 saturated carbocycles. The number of aromatic nitrogens is 2. The third kappa shape index (κ3) is 3.67. The van der Waals surface area contributed by atoms with Crippen LogP contribution in [0.25, 0.3) is 0 Å². The molecule has 0 unspecified atom stereocenters. The van der Waals surface area contributed by atoms with Crippen molar-refractivity contribution < 1.29 is 14.7 Å². The standard InChI is InChI=1S/C13H13N3O3/c17-12(18)7-9-16-8-6-11(15-16)13(19)14-10-4-2-1-3-5-10/h1-6,8H,7,9H2,(H,14,19)(H,17,18). The highest BCUT2D eigenvalue weighted by Gasteiger charge is 2.10. The molecule has 0 saturated heterocycles. The van der Waals surface area contributed by atoms with E-state index in [1.807, 2.05) is 18.2 Å². The minimum atomic E-state index is -0.897. The average Bonchev–Trinajstić information content (AvgIpc) is 2.86. The van der Waals surface area contributed by atoms with Crippen LogP contribution in [0.5, 0.6) is 0 Å². The molecule has 98 valence electrons. The van der Waals surface area contributed by atoms with Crippen LogP contribution >= 0.6 is 0 Å². The summed E-state index contributed by atoms with van der Waals surface area (Å²) in [4.78, 5) is 22.3. The van der Waals surface area contributed by atoms with Gasteiger partial charge in [0, 0.05) is 11.9 Å². The number of carboxylic acids is 1. The van der Waals surface area contributed by atoms with E-state index in [0.29, 0.717) is 5.69 Å². The second-order valence-corrected chi connectivity index (χ2v) is 3.93. The maximum absolute atomic E-state index is 11.9. The predicted octanol–water partition coefficient (Wildman–Crippen LogP) is 1.61. The van der Waals surface area contributed by atoms with Crippen molar-refractivity contribution in [3.8, 4) is 0 Å². The summed E-state index contributed by atoms with van der Waals surface area (Å²) >= 11 is 0. The van der Waals surface area contributed by atoms with Gasteiger partial charge in [-0.3, -0.25) is 14.3 Å². The van der Waals surface area contributed by atoms with E-state index in [1.54, 1.807) is 24.4 Å². The van der Waals surface area contributed by atoms with Crippen molar-refractivity contribution >= 4 is 17.6 Å². The number of carbonyl (C=O) groups excluding carboxylic acids is 1. The number of para-hydroxylation sites is 1. The maximum atomic E-state index is 11.9. The van der Waals surface area contributed by atoms with E-state index in [0.717, 1.165) is 0 Å². The molecule has 6 heteroatoms. The number of carbonyl (C=O) groups is 2. The van der Waals surface area contributed by atoms with Gasteiger partial charge in [0.25, 0.3) is 5.91 Å². The molecular weight excluding hydrogens is 246 g/mol. The summed E-state index contributed by atoms with van der Waals surface area (Å²) in [6.07, 6.45) is 1.56. The van der Waals surface area contributed by atoms with E-state index < -0.39 is 5.97 Å². The first-order chi connectivity index (χ1) is 9.15. The molecule has 1 aromatic carbocycles. The van der Waals surface area contributed by atoms with Gasteiger partial charge in [-0.25, -0.2) is 0 Å². The van der Waals surface area contributed by atoms with Gasteiger partial charge in [-0.1, -0.05) is 18.2 Å². The number of hydrogen-bond donors (Lipinski definition) is 2. The molecule has 6 nitrogen and oxygen atoms in total. The number of hydrogen-bond acceptors (Lipinski definition) is 3. The summed E-state index contributed by atoms with van der Waals surface area (Å²) < 4.78 is 1.44. The average molecular weight is 259 g/mol. The summed E-state index contributed by atoms with van der Waals surface area (Å²) in [5.41, 5.74) is 0.946. The Balaban J connectivity index is 1.98. The number of amides is 1. The molecule has 1 amide bonds. The molecule has 0 aliphatic carbocycles. The zero-order chi connectivity index (χ0) is 13.7. The second kappa shape index (κ2) is 5.81. The van der Waals surface area contributed by atoms with Crippen LogP contribution in [0.4, 0.5) is 5.69 Å². The molecule has 0 aliphatic heterocycles. The van der Waals surface area contributed by atoms with Gasteiger partial charge < -0.3 is 10.4 Å². The second-order valence-electron chi connectivity index (χ2n) is 3.93. The Hall–Kier alpha value is -2.63. The number of nitrogens with zero attached hydrogens (tertiary/aromatic N) is 2. The van der Waals surface area contributed by atoms with Crippen molar-refractivity contribution in [3.63, 3.8) is 0 Å². The molecule has 2 aromatic rings. The van der Waals surface area contributed by atoms with Crippen LogP contribution in [0.15, 0.2) is 42.6 Å². The van der Waals surface area contributed by atoms with E-state index in [4.69, 9.17) is 5.11 Å². The molecule has 1 aromatic heterocycles. The topological polar surface area (TPSA) is 84.2 Å². The molecule has 2 N–H and O–H groups in total. The lowest BCUT2D eigenvalue weighted by Crippen LogP contribution is -2.13. The minimum absolute atomic E-state index is 0.0264. The van der Waals surface area contributed by atoms with Gasteiger partial charge in [-0.15, -0.1) is 0 Å². The maximum Gasteiger partial charge on any atom is 0.305 e. The fraction of sp³-hybridized carbons (Fsp3) is 0.154. The van der Waals surface area contributed by atoms with Crippen LogP contribution in [-0.2, 0) is 11.3 Å². The third-order valence-electron chi connectivity index (χ3n) is 2.46. The van der Waals surface area contributed by atoms with E-state index >= 15 is 0 Å². The summed E-state index contributed by atoms with van der Waals surface area (Å²) in [5.74, 6) is -1.22. The first kappa shape index (κ1) is 12.8. The molecule has 0 bridgehead atoms. The Morgan fingerprint density at radius 1 is 1.21 bits per heavy atom. The lowest BCUT2D eigenvalue weighted by molar-refractivity contribution is -0.137. The van der Waals surface area contributed by atoms with Gasteiger partial charge in [0.15, 0.2) is 5.69 Å². The van der Waals surface area contributed by atoms with Crippen molar-refractivity contribution in [2.24, 2.45) is 0 Å². The summed E-state index contributed by atoms with van der Waals surface area (Å²) in [6, 6.07) is 10.6. The first-order valence-electron chi connectivity index (χ1n) is 5.77. The minimum Gasteiger partial charge on any atom is -0.481 e. The smallest absolute Gasteiger partial charge is 0.305 e. The molecule has 0 fully saturated rings. The van der Waals surface area contributed by atoms with Gasteiger partial charge in [-0.05, 0) is 18.2 Å². The van der Waals surface area contributed by atoms with E-state index in [2.05, 4.69) is 10.4 Å². The van der Waals surface area contributed by atoms with Gasteiger partial charge in [0.1, 0.15) is 0 Å². The van der Waals surface area contributed by atoms with E-state index in [1.165, 1.54) is 4.68 Å². The zero-order valence-electron chi connectivity index (χ0n) is 10.1. The lowest BCUT2D eigenvalue weighted by Gasteiger charge is -2.02. The number of nitrogens with one attached hydrogen (secondary N) is 1. The Kier molecular flexibility index (Phi) is 3.92. The molecule has 0 atom stereocenters. The number of benzene rings is 1. The number of aliphatic carboxylic acids is 1. The van der Waals surface area contributed by atoms with Crippen LogP contribution in [-0.4, -0.2) is 26.8 Å². The van der Waals surface area contributed by atoms with Crippen molar-refractivity contribution in [3.05, 3.63) is 48.3 Å². The first-order valence-corrected chi connectivity index (χ1v) is 5.77. The fourth-order valence-electron chi connectivity index (χ4n) is 1.53. The molecule has 0 aliphatic rings. The number of rotatable bonds is 5. The fourth-order valence-corrected chi connectivity index (χ4v) is 1.53. The zero-order valence-corrected chi connectivity index (χ0v) is 10.1. The van der Waals surface area contributed by atoms with E-state index in [9.17, 15) is 9.59 Å². The molecule has 1 heterocycles. The van der Waals surface area contributed by atoms with Gasteiger partial charge in [0.05, 0.1) is 13.0 Å². The lowest BCUT2D eigenvalue weighted by atomic mass is 10.3. The Labute approximate surface area is 109 Å². The van der Waals surface area contributed by atoms with Gasteiger partial charge in [-0.2, -0.15) is 5.10 Å². The van der Waals surface area contributed by atoms with Crippen LogP contribution in [0.1, 0.15) is 16.9 Å². The quantitative estimate of drug-likeness (QED) is 0.854. The number of anilines is 1. The highest BCUT2D eigenvalue weighted by Crippen LogP contribution is 2.07. The van der Waals surface area contributed by atoms with Crippen LogP contribution in [0.2, 0.25) is 0 Å². The predicted molar refractivity (Wildman–Crippen MR) is 68.9 cm³/mol. The number of aryl methyl sites for hydroxylation is 1. The van der Waals surface area contributed by atoms with Crippen molar-refractivity contribution in [1.82, 2.24) is 9.78 Å². The molecule has 19 heavy (non-hydrogen) atoms. The third-order valence-corrected chi connectivity index (χ3v) is 2.46. The van der Waals surface area contributed by atoms with E-state index in [-0.39, 0.29) is 24.6 Å². The summed E-state index contributed by atoms with van der Waals surface area (Å²) in [6.45, 7) is 0.244. The van der Waals surface area contributed by atoms with Crippen molar-refractivity contribution in [2.45, 2.75) is 13.0 Å². The van der Waals surface area contributed by atoms with Crippen LogP contribution in [0.3, 0.4) is 0 Å². The Morgan fingerprint density at radius 2 is 1.95 bits per heavy atom. The summed E-state index contributed by atoms with van der Waals surface area (Å²) in [5, 5.41) is 15.3. The highest BCUT2D eigenvalue weighted by molar-refractivity contribution is 6.02. The Bertz CT molecular complexity index is 578. The molecular formula is C13H13N3O3. The molecule has 2 rings (SSSR count). The van der Waals surface area contributed by atoms with Crippen molar-refractivity contribution in [1.29, 1.82) is 0 Å². The normalized spacial score (nSPS) is 10.1. The largest absolute Gasteiger partial charge is 0.481 e. The number of carboxylic acid groups (broad SMARTS) is 1. The SMILES string of the molecule is O=C(O)CCn1ccc(C(=O)Nc2ccccc2)n1. The van der Waals surface area contributed by atoms with Crippen LogP contribution in [0, 0.1) is 0 Å². The van der Waals surface area contributed by atoms with Crippen LogP contribution < -0.4 is 5.32 Å². The van der Waals surface area contributed by atoms with Gasteiger partial charge in [0.2, 0.25) is 0 Å². The molecule has 0 spiro atoms.